The Kier molecular flexibility index (Phi) is 9.25. The standard InChI is InChI=1S/C17H10O7.C3H8.C2H6/c1-22-15(19)13-6-10(3-2-9(13)8-18)23-11-4-5-12-14(7-11)17(21)24-16(12)20;1-3-2;1-2/h2-8H,1H3;3H2,1-2H3;1-2H3. The molecule has 0 atom stereocenters. The molecule has 154 valence electrons. The SMILES string of the molecule is CC.CCC.COC(=O)c1cc(Oc2ccc3c(c2)C(=O)OC3=O)ccc1C=O. The van der Waals surface area contributed by atoms with Gasteiger partial charge < -0.3 is 14.2 Å². The molecule has 0 saturated heterocycles. The molecule has 7 heteroatoms. The molecule has 0 aliphatic carbocycles. The molecule has 1 heterocycles. The maximum atomic E-state index is 11.7. The highest BCUT2D eigenvalue weighted by Gasteiger charge is 2.30. The lowest BCUT2D eigenvalue weighted by Crippen LogP contribution is -2.05. The molecule has 0 aromatic heterocycles. The van der Waals surface area contributed by atoms with Crippen LogP contribution in [0.3, 0.4) is 0 Å². The van der Waals surface area contributed by atoms with Gasteiger partial charge in [-0.1, -0.05) is 34.1 Å². The summed E-state index contributed by atoms with van der Waals surface area (Å²) in [5.41, 5.74) is 0.493. The summed E-state index contributed by atoms with van der Waals surface area (Å²) in [5, 5.41) is 0. The molecule has 7 nitrogen and oxygen atoms in total. The van der Waals surface area contributed by atoms with Crippen LogP contribution in [-0.4, -0.2) is 31.3 Å². The summed E-state index contributed by atoms with van der Waals surface area (Å²) >= 11 is 0. The molecule has 3 rings (SSSR count). The van der Waals surface area contributed by atoms with Crippen molar-refractivity contribution in [2.24, 2.45) is 0 Å². The van der Waals surface area contributed by atoms with Gasteiger partial charge >= 0.3 is 17.9 Å². The van der Waals surface area contributed by atoms with Crippen molar-refractivity contribution in [3.63, 3.8) is 0 Å². The lowest BCUT2D eigenvalue weighted by molar-refractivity contribution is 0.0442. The minimum absolute atomic E-state index is 0.0562. The van der Waals surface area contributed by atoms with Crippen molar-refractivity contribution in [1.82, 2.24) is 0 Å². The summed E-state index contributed by atoms with van der Waals surface area (Å²) < 4.78 is 14.7. The van der Waals surface area contributed by atoms with Crippen molar-refractivity contribution >= 4 is 24.2 Å². The fourth-order valence-electron chi connectivity index (χ4n) is 2.25. The first-order valence-corrected chi connectivity index (χ1v) is 9.21. The highest BCUT2D eigenvalue weighted by Crippen LogP contribution is 2.29. The van der Waals surface area contributed by atoms with E-state index in [2.05, 4.69) is 23.3 Å². The van der Waals surface area contributed by atoms with E-state index >= 15 is 0 Å². The highest BCUT2D eigenvalue weighted by atomic mass is 16.6. The molecule has 0 bridgehead atoms. The summed E-state index contributed by atoms with van der Waals surface area (Å²) in [4.78, 5) is 45.6. The molecule has 0 N–H and O–H groups in total. The van der Waals surface area contributed by atoms with Crippen LogP contribution in [0.15, 0.2) is 36.4 Å². The maximum Gasteiger partial charge on any atom is 0.347 e. The van der Waals surface area contributed by atoms with E-state index in [-0.39, 0.29) is 33.8 Å². The second-order valence-corrected chi connectivity index (χ2v) is 5.55. The summed E-state index contributed by atoms with van der Waals surface area (Å²) in [7, 11) is 1.20. The average molecular weight is 400 g/mol. The number of aldehydes is 1. The van der Waals surface area contributed by atoms with Crippen molar-refractivity contribution in [2.45, 2.75) is 34.1 Å². The number of esters is 3. The Balaban J connectivity index is 0.000000771. The van der Waals surface area contributed by atoms with Gasteiger partial charge in [0.15, 0.2) is 6.29 Å². The van der Waals surface area contributed by atoms with Crippen molar-refractivity contribution in [1.29, 1.82) is 0 Å². The summed E-state index contributed by atoms with van der Waals surface area (Å²) in [6.45, 7) is 8.25. The van der Waals surface area contributed by atoms with E-state index < -0.39 is 17.9 Å². The third-order valence-electron chi connectivity index (χ3n) is 3.41. The number of carbonyl (C=O) groups is 4. The zero-order valence-electron chi connectivity index (χ0n) is 17.1. The van der Waals surface area contributed by atoms with Gasteiger partial charge in [-0.15, -0.1) is 0 Å². The fourth-order valence-corrected chi connectivity index (χ4v) is 2.25. The number of hydrogen-bond acceptors (Lipinski definition) is 7. The Morgan fingerprint density at radius 2 is 1.52 bits per heavy atom. The normalized spacial score (nSPS) is 11.1. The zero-order valence-corrected chi connectivity index (χ0v) is 17.1. The third-order valence-corrected chi connectivity index (χ3v) is 3.41. The molecule has 1 aliphatic heterocycles. The predicted molar refractivity (Wildman–Crippen MR) is 107 cm³/mol. The Morgan fingerprint density at radius 3 is 2.10 bits per heavy atom. The van der Waals surface area contributed by atoms with E-state index in [1.165, 1.54) is 49.9 Å². The van der Waals surface area contributed by atoms with E-state index in [0.717, 1.165) is 0 Å². The number of ether oxygens (including phenoxy) is 3. The molecule has 0 radical (unpaired) electrons. The minimum Gasteiger partial charge on any atom is -0.465 e. The number of hydrogen-bond donors (Lipinski definition) is 0. The Labute approximate surface area is 169 Å². The van der Waals surface area contributed by atoms with Gasteiger partial charge in [-0.2, -0.15) is 0 Å². The first kappa shape index (κ1) is 23.6. The molecule has 0 amide bonds. The molecule has 2 aromatic rings. The van der Waals surface area contributed by atoms with Gasteiger partial charge in [-0.3, -0.25) is 4.79 Å². The van der Waals surface area contributed by atoms with Crippen LogP contribution in [0.2, 0.25) is 0 Å². The second-order valence-electron chi connectivity index (χ2n) is 5.55. The Morgan fingerprint density at radius 1 is 0.966 bits per heavy atom. The third kappa shape index (κ3) is 5.75. The predicted octanol–water partition coefficient (Wildman–Crippen LogP) is 4.83. The lowest BCUT2D eigenvalue weighted by Gasteiger charge is -2.09. The molecule has 1 aliphatic rings. The summed E-state index contributed by atoms with van der Waals surface area (Å²) in [5.74, 6) is -1.59. The monoisotopic (exact) mass is 400 g/mol. The molecule has 29 heavy (non-hydrogen) atoms. The van der Waals surface area contributed by atoms with E-state index in [1.807, 2.05) is 13.8 Å². The first-order valence-electron chi connectivity index (χ1n) is 9.21. The first-order chi connectivity index (χ1) is 13.9. The van der Waals surface area contributed by atoms with E-state index in [9.17, 15) is 19.2 Å². The van der Waals surface area contributed by atoms with Gasteiger partial charge in [0.05, 0.1) is 23.8 Å². The second kappa shape index (κ2) is 11.4. The van der Waals surface area contributed by atoms with Crippen LogP contribution in [0, 0.1) is 0 Å². The molecular weight excluding hydrogens is 376 g/mol. The van der Waals surface area contributed by atoms with Gasteiger partial charge in [0.1, 0.15) is 11.5 Å². The quantitative estimate of drug-likeness (QED) is 0.412. The number of benzene rings is 2. The molecule has 0 fully saturated rings. The molecule has 0 unspecified atom stereocenters. The smallest absolute Gasteiger partial charge is 0.347 e. The van der Waals surface area contributed by atoms with Crippen molar-refractivity contribution in [3.05, 3.63) is 58.7 Å². The summed E-state index contributed by atoms with van der Waals surface area (Å²) in [6.07, 6.45) is 1.78. The van der Waals surface area contributed by atoms with Gasteiger partial charge in [0.2, 0.25) is 0 Å². The Hall–Kier alpha value is -3.48. The number of cyclic esters (lactones) is 2. The number of rotatable bonds is 4. The highest BCUT2D eigenvalue weighted by molar-refractivity contribution is 6.14. The average Bonchev–Trinajstić information content (AvgIpc) is 3.02. The van der Waals surface area contributed by atoms with Crippen LogP contribution in [0.4, 0.5) is 0 Å². The van der Waals surface area contributed by atoms with Crippen molar-refractivity contribution < 1.29 is 33.4 Å². The van der Waals surface area contributed by atoms with Crippen LogP contribution in [0.25, 0.3) is 0 Å². The van der Waals surface area contributed by atoms with Crippen LogP contribution in [-0.2, 0) is 9.47 Å². The number of carbonyl (C=O) groups excluding carboxylic acids is 4. The van der Waals surface area contributed by atoms with Gasteiger partial charge in [-0.25, -0.2) is 14.4 Å². The van der Waals surface area contributed by atoms with E-state index in [4.69, 9.17) is 4.74 Å². The van der Waals surface area contributed by atoms with Crippen LogP contribution < -0.4 is 4.74 Å². The zero-order chi connectivity index (χ0) is 22.0. The molecule has 0 saturated carbocycles. The minimum atomic E-state index is -0.744. The van der Waals surface area contributed by atoms with Crippen LogP contribution in [0.5, 0.6) is 11.5 Å². The summed E-state index contributed by atoms with van der Waals surface area (Å²) in [6, 6.07) is 8.54. The largest absolute Gasteiger partial charge is 0.465 e. The van der Waals surface area contributed by atoms with E-state index in [1.54, 1.807) is 0 Å². The van der Waals surface area contributed by atoms with Crippen molar-refractivity contribution in [3.8, 4) is 11.5 Å². The van der Waals surface area contributed by atoms with Gasteiger partial charge in [0.25, 0.3) is 0 Å². The van der Waals surface area contributed by atoms with Crippen molar-refractivity contribution in [2.75, 3.05) is 7.11 Å². The van der Waals surface area contributed by atoms with Gasteiger partial charge in [0, 0.05) is 5.56 Å². The number of methoxy groups -OCH3 is 1. The molecule has 0 spiro atoms. The number of fused-ring (bicyclic) bond motifs is 1. The fraction of sp³-hybridized carbons (Fsp3) is 0.273. The molecular formula is C22H24O7. The van der Waals surface area contributed by atoms with Crippen LogP contribution in [0.1, 0.15) is 75.5 Å². The van der Waals surface area contributed by atoms with Gasteiger partial charge in [-0.05, 0) is 36.4 Å². The maximum absolute atomic E-state index is 11.7. The Bertz CT molecular complexity index is 900. The molecule has 2 aromatic carbocycles. The lowest BCUT2D eigenvalue weighted by atomic mass is 10.1. The van der Waals surface area contributed by atoms with E-state index in [0.29, 0.717) is 6.29 Å². The van der Waals surface area contributed by atoms with Crippen LogP contribution >= 0.6 is 0 Å². The topological polar surface area (TPSA) is 96.0 Å².